The van der Waals surface area contributed by atoms with Crippen molar-refractivity contribution in [1.29, 1.82) is 0 Å². The second-order valence-corrected chi connectivity index (χ2v) is 7.88. The first-order valence-corrected chi connectivity index (χ1v) is 11.1. The van der Waals surface area contributed by atoms with Crippen LogP contribution in [0.15, 0.2) is 36.8 Å². The van der Waals surface area contributed by atoms with E-state index in [4.69, 9.17) is 11.2 Å². The third-order valence-corrected chi connectivity index (χ3v) is 5.59. The van der Waals surface area contributed by atoms with Crippen LogP contribution in [0.4, 0.5) is 17.5 Å². The van der Waals surface area contributed by atoms with E-state index in [1.807, 2.05) is 31.2 Å². The van der Waals surface area contributed by atoms with Gasteiger partial charge in [-0.15, -0.1) is 6.42 Å². The molecule has 33 heavy (non-hydrogen) atoms. The van der Waals surface area contributed by atoms with E-state index >= 15 is 0 Å². The van der Waals surface area contributed by atoms with Gasteiger partial charge in [0, 0.05) is 23.3 Å². The predicted octanol–water partition coefficient (Wildman–Crippen LogP) is 3.02. The zero-order valence-electron chi connectivity index (χ0n) is 18.5. The van der Waals surface area contributed by atoms with Crippen LogP contribution < -0.4 is 16.0 Å². The van der Waals surface area contributed by atoms with Gasteiger partial charge >= 0.3 is 5.97 Å². The summed E-state index contributed by atoms with van der Waals surface area (Å²) in [4.78, 5) is 29.3. The summed E-state index contributed by atoms with van der Waals surface area (Å²) in [5.41, 5.74) is 2.97. The first kappa shape index (κ1) is 22.4. The molecule has 3 N–H and O–H groups in total. The van der Waals surface area contributed by atoms with E-state index in [0.717, 1.165) is 36.9 Å². The number of fused-ring (bicyclic) bond motifs is 1. The molecule has 170 valence electrons. The molecule has 3 aromatic rings. The van der Waals surface area contributed by atoms with Gasteiger partial charge in [-0.25, -0.2) is 19.9 Å². The second-order valence-electron chi connectivity index (χ2n) is 7.88. The van der Waals surface area contributed by atoms with Crippen molar-refractivity contribution in [2.24, 2.45) is 0 Å². The van der Waals surface area contributed by atoms with Gasteiger partial charge in [0.15, 0.2) is 5.82 Å². The van der Waals surface area contributed by atoms with E-state index in [1.54, 1.807) is 6.20 Å². The lowest BCUT2D eigenvalue weighted by molar-refractivity contribution is -0.142. The van der Waals surface area contributed by atoms with E-state index in [-0.39, 0.29) is 18.6 Å². The lowest BCUT2D eigenvalue weighted by Gasteiger charge is -2.29. The van der Waals surface area contributed by atoms with Gasteiger partial charge in [-0.2, -0.15) is 0 Å². The van der Waals surface area contributed by atoms with Crippen LogP contribution in [-0.2, 0) is 9.53 Å². The van der Waals surface area contributed by atoms with Gasteiger partial charge in [-0.3, -0.25) is 4.79 Å². The van der Waals surface area contributed by atoms with Crippen LogP contribution in [0, 0.1) is 12.3 Å². The SMILES string of the molecule is C#Cc1ccc(Nc2ncnc3cnc(NC4CCC(NCC(=O)OCC)CC4)nc23)cc1. The molecule has 0 radical (unpaired) electrons. The predicted molar refractivity (Wildman–Crippen MR) is 127 cm³/mol. The molecule has 0 unspecified atom stereocenters. The number of hydrogen-bond acceptors (Lipinski definition) is 9. The average molecular weight is 446 g/mol. The van der Waals surface area contributed by atoms with E-state index in [1.165, 1.54) is 6.33 Å². The Bertz CT molecular complexity index is 1140. The Kier molecular flexibility index (Phi) is 7.27. The molecule has 1 saturated carbocycles. The van der Waals surface area contributed by atoms with Crippen LogP contribution in [0.3, 0.4) is 0 Å². The quantitative estimate of drug-likeness (QED) is 0.355. The van der Waals surface area contributed by atoms with Gasteiger partial charge in [0.25, 0.3) is 0 Å². The molecule has 1 aromatic carbocycles. The van der Waals surface area contributed by atoms with Crippen molar-refractivity contribution in [2.45, 2.75) is 44.7 Å². The molecule has 0 aliphatic heterocycles. The minimum atomic E-state index is -0.207. The molecule has 2 heterocycles. The first-order chi connectivity index (χ1) is 16.1. The Morgan fingerprint density at radius 2 is 1.88 bits per heavy atom. The van der Waals surface area contributed by atoms with Gasteiger partial charge in [0.2, 0.25) is 5.95 Å². The zero-order chi connectivity index (χ0) is 23.0. The number of hydrogen-bond donors (Lipinski definition) is 3. The standard InChI is InChI=1S/C24H27N7O2/c1-3-16-5-7-18(8-6-16)29-23-22-20(27-15-28-23)13-26-24(31-22)30-19-11-9-17(10-12-19)25-14-21(32)33-4-2/h1,5-8,13,15,17,19,25H,4,9-12,14H2,2H3,(H,26,30,31)(H,27,28,29). The lowest BCUT2D eigenvalue weighted by Crippen LogP contribution is -2.39. The fourth-order valence-electron chi connectivity index (χ4n) is 3.87. The smallest absolute Gasteiger partial charge is 0.319 e. The Morgan fingerprint density at radius 3 is 2.61 bits per heavy atom. The number of carbonyl (C=O) groups excluding carboxylic acids is 1. The summed E-state index contributed by atoms with van der Waals surface area (Å²) in [6.45, 7) is 2.47. The highest BCUT2D eigenvalue weighted by Gasteiger charge is 2.22. The van der Waals surface area contributed by atoms with Crippen molar-refractivity contribution in [3.05, 3.63) is 42.4 Å². The molecular formula is C24H27N7O2. The Labute approximate surface area is 192 Å². The average Bonchev–Trinajstić information content (AvgIpc) is 2.85. The number of terminal acetylenes is 1. The Morgan fingerprint density at radius 1 is 1.12 bits per heavy atom. The third kappa shape index (κ3) is 5.93. The van der Waals surface area contributed by atoms with Crippen LogP contribution >= 0.6 is 0 Å². The number of rotatable bonds is 8. The van der Waals surface area contributed by atoms with Crippen molar-refractivity contribution < 1.29 is 9.53 Å². The highest BCUT2D eigenvalue weighted by atomic mass is 16.5. The highest BCUT2D eigenvalue weighted by molar-refractivity contribution is 5.87. The van der Waals surface area contributed by atoms with Gasteiger partial charge < -0.3 is 20.7 Å². The number of nitrogens with one attached hydrogen (secondary N) is 3. The molecule has 1 aliphatic rings. The van der Waals surface area contributed by atoms with E-state index in [2.05, 4.69) is 41.8 Å². The van der Waals surface area contributed by atoms with Crippen LogP contribution in [0.25, 0.3) is 11.0 Å². The second kappa shape index (κ2) is 10.7. The number of nitrogens with zero attached hydrogens (tertiary/aromatic N) is 4. The van der Waals surface area contributed by atoms with Gasteiger partial charge in [-0.1, -0.05) is 5.92 Å². The van der Waals surface area contributed by atoms with E-state index in [0.29, 0.717) is 35.4 Å². The van der Waals surface area contributed by atoms with Crippen molar-refractivity contribution in [3.8, 4) is 12.3 Å². The molecular weight excluding hydrogens is 418 g/mol. The van der Waals surface area contributed by atoms with Crippen LogP contribution in [0.1, 0.15) is 38.2 Å². The summed E-state index contributed by atoms with van der Waals surface area (Å²) in [5.74, 6) is 3.55. The molecule has 2 aromatic heterocycles. The maximum atomic E-state index is 11.5. The number of ether oxygens (including phenoxy) is 1. The number of carbonyl (C=O) groups is 1. The fraction of sp³-hybridized carbons (Fsp3) is 0.375. The summed E-state index contributed by atoms with van der Waals surface area (Å²) in [5, 5.41) is 10.0. The number of anilines is 3. The summed E-state index contributed by atoms with van der Waals surface area (Å²) in [6.07, 6.45) is 12.5. The summed E-state index contributed by atoms with van der Waals surface area (Å²) >= 11 is 0. The summed E-state index contributed by atoms with van der Waals surface area (Å²) in [7, 11) is 0. The number of benzene rings is 1. The third-order valence-electron chi connectivity index (χ3n) is 5.59. The monoisotopic (exact) mass is 445 g/mol. The van der Waals surface area contributed by atoms with Crippen molar-refractivity contribution in [3.63, 3.8) is 0 Å². The molecule has 1 fully saturated rings. The highest BCUT2D eigenvalue weighted by Crippen LogP contribution is 2.24. The van der Waals surface area contributed by atoms with Crippen molar-refractivity contribution in [1.82, 2.24) is 25.3 Å². The van der Waals surface area contributed by atoms with Gasteiger partial charge in [-0.05, 0) is 56.9 Å². The molecule has 1 aliphatic carbocycles. The lowest BCUT2D eigenvalue weighted by atomic mass is 9.91. The summed E-state index contributed by atoms with van der Waals surface area (Å²) in [6, 6.07) is 8.11. The van der Waals surface area contributed by atoms with Crippen LogP contribution in [0.5, 0.6) is 0 Å². The van der Waals surface area contributed by atoms with Crippen molar-refractivity contribution in [2.75, 3.05) is 23.8 Å². The molecule has 4 rings (SSSR count). The molecule has 9 heteroatoms. The maximum absolute atomic E-state index is 11.5. The van der Waals surface area contributed by atoms with Crippen LogP contribution in [0.2, 0.25) is 0 Å². The topological polar surface area (TPSA) is 114 Å². The number of esters is 1. The van der Waals surface area contributed by atoms with Gasteiger partial charge in [0.05, 0.1) is 19.3 Å². The number of aromatic nitrogens is 4. The molecule has 0 amide bonds. The minimum Gasteiger partial charge on any atom is -0.465 e. The van der Waals surface area contributed by atoms with E-state index < -0.39 is 0 Å². The largest absolute Gasteiger partial charge is 0.465 e. The van der Waals surface area contributed by atoms with E-state index in [9.17, 15) is 4.79 Å². The zero-order valence-corrected chi connectivity index (χ0v) is 18.5. The minimum absolute atomic E-state index is 0.207. The Balaban J connectivity index is 1.38. The molecule has 0 saturated heterocycles. The summed E-state index contributed by atoms with van der Waals surface area (Å²) < 4.78 is 4.97. The molecule has 9 nitrogen and oxygen atoms in total. The van der Waals surface area contributed by atoms with Crippen LogP contribution in [-0.4, -0.2) is 51.1 Å². The fourth-order valence-corrected chi connectivity index (χ4v) is 3.87. The Hall–Kier alpha value is -3.77. The molecule has 0 bridgehead atoms. The molecule has 0 spiro atoms. The van der Waals surface area contributed by atoms with Gasteiger partial charge in [0.1, 0.15) is 17.4 Å². The maximum Gasteiger partial charge on any atom is 0.319 e. The normalized spacial score (nSPS) is 17.8. The molecule has 0 atom stereocenters. The first-order valence-electron chi connectivity index (χ1n) is 11.1. The van der Waals surface area contributed by atoms with Crippen molar-refractivity contribution >= 4 is 34.5 Å².